The minimum Gasteiger partial charge on any atom is -0.310 e. The number of hydrogen-bond acceptors (Lipinski definition) is 2. The van der Waals surface area contributed by atoms with Crippen molar-refractivity contribution < 1.29 is 0 Å². The molecule has 0 aromatic heterocycles. The van der Waals surface area contributed by atoms with Gasteiger partial charge < -0.3 is 9.80 Å². The van der Waals surface area contributed by atoms with Crippen molar-refractivity contribution in [1.82, 2.24) is 0 Å². The van der Waals surface area contributed by atoms with Crippen LogP contribution in [0.15, 0.2) is 127 Å². The van der Waals surface area contributed by atoms with Gasteiger partial charge in [-0.2, -0.15) is 0 Å². The Morgan fingerprint density at radius 2 is 0.800 bits per heavy atom. The SMILES string of the molecule is Cc1cccc(N(c2cccc(Cl)c2)c2cccc(N(c3ccccc3)c3cccc(Cl)c3)c2)c1. The second-order valence-corrected chi connectivity index (χ2v) is 9.20. The first kappa shape index (κ1) is 23.0. The van der Waals surface area contributed by atoms with Crippen LogP contribution in [0.25, 0.3) is 0 Å². The van der Waals surface area contributed by atoms with Crippen molar-refractivity contribution in [3.8, 4) is 0 Å². The van der Waals surface area contributed by atoms with Gasteiger partial charge in [-0.3, -0.25) is 0 Å². The van der Waals surface area contributed by atoms with Crippen molar-refractivity contribution >= 4 is 57.3 Å². The molecule has 0 radical (unpaired) electrons. The van der Waals surface area contributed by atoms with Crippen molar-refractivity contribution in [3.05, 3.63) is 143 Å². The fourth-order valence-corrected chi connectivity index (χ4v) is 4.61. The first-order valence-corrected chi connectivity index (χ1v) is 12.2. The van der Waals surface area contributed by atoms with E-state index in [1.54, 1.807) is 0 Å². The maximum absolute atomic E-state index is 6.40. The van der Waals surface area contributed by atoms with E-state index in [4.69, 9.17) is 23.2 Å². The lowest BCUT2D eigenvalue weighted by atomic mass is 10.1. The van der Waals surface area contributed by atoms with Crippen LogP contribution in [0.5, 0.6) is 0 Å². The monoisotopic (exact) mass is 494 g/mol. The second-order valence-electron chi connectivity index (χ2n) is 8.32. The quantitative estimate of drug-likeness (QED) is 0.231. The summed E-state index contributed by atoms with van der Waals surface area (Å²) in [5.41, 5.74) is 7.35. The van der Waals surface area contributed by atoms with E-state index in [9.17, 15) is 0 Å². The van der Waals surface area contributed by atoms with Gasteiger partial charge >= 0.3 is 0 Å². The van der Waals surface area contributed by atoms with Crippen LogP contribution in [0, 0.1) is 6.92 Å². The van der Waals surface area contributed by atoms with Gasteiger partial charge in [0.2, 0.25) is 0 Å². The summed E-state index contributed by atoms with van der Waals surface area (Å²) in [6, 6.07) is 43.2. The minimum atomic E-state index is 0.694. The summed E-state index contributed by atoms with van der Waals surface area (Å²) in [5, 5.41) is 1.39. The zero-order valence-electron chi connectivity index (χ0n) is 19.3. The predicted octanol–water partition coefficient (Wildman–Crippen LogP) is 10.2. The highest BCUT2D eigenvalue weighted by Crippen LogP contribution is 2.41. The smallest absolute Gasteiger partial charge is 0.0482 e. The largest absolute Gasteiger partial charge is 0.310 e. The van der Waals surface area contributed by atoms with E-state index in [-0.39, 0.29) is 0 Å². The van der Waals surface area contributed by atoms with E-state index in [1.807, 2.05) is 54.6 Å². The zero-order valence-corrected chi connectivity index (χ0v) is 20.8. The van der Waals surface area contributed by atoms with Crippen LogP contribution in [-0.2, 0) is 0 Å². The molecule has 0 N–H and O–H groups in total. The molecule has 0 atom stereocenters. The average Bonchev–Trinajstić information content (AvgIpc) is 2.86. The zero-order chi connectivity index (χ0) is 24.2. The van der Waals surface area contributed by atoms with E-state index in [0.717, 1.165) is 34.1 Å². The van der Waals surface area contributed by atoms with Crippen molar-refractivity contribution in [2.45, 2.75) is 6.92 Å². The van der Waals surface area contributed by atoms with Gasteiger partial charge in [-0.25, -0.2) is 0 Å². The Hall–Kier alpha value is -3.72. The Morgan fingerprint density at radius 1 is 0.400 bits per heavy atom. The number of nitrogens with zero attached hydrogens (tertiary/aromatic N) is 2. The molecule has 0 unspecified atom stereocenters. The molecular weight excluding hydrogens is 471 g/mol. The van der Waals surface area contributed by atoms with Gasteiger partial charge in [0.15, 0.2) is 0 Å². The van der Waals surface area contributed by atoms with E-state index < -0.39 is 0 Å². The summed E-state index contributed by atoms with van der Waals surface area (Å²) in [4.78, 5) is 4.44. The van der Waals surface area contributed by atoms with Gasteiger partial charge in [0, 0.05) is 44.2 Å². The Labute approximate surface area is 216 Å². The van der Waals surface area contributed by atoms with Gasteiger partial charge in [0.25, 0.3) is 0 Å². The molecule has 0 aliphatic rings. The number of halogens is 2. The van der Waals surface area contributed by atoms with Crippen LogP contribution >= 0.6 is 23.2 Å². The average molecular weight is 495 g/mol. The highest BCUT2D eigenvalue weighted by molar-refractivity contribution is 6.31. The van der Waals surface area contributed by atoms with E-state index in [2.05, 4.69) is 89.5 Å². The molecule has 0 saturated heterocycles. The summed E-state index contributed by atoms with van der Waals surface area (Å²) in [7, 11) is 0. The lowest BCUT2D eigenvalue weighted by molar-refractivity contribution is 1.24. The van der Waals surface area contributed by atoms with Crippen LogP contribution < -0.4 is 9.80 Å². The molecule has 35 heavy (non-hydrogen) atoms. The molecule has 0 bridgehead atoms. The first-order valence-electron chi connectivity index (χ1n) is 11.4. The lowest BCUT2D eigenvalue weighted by Gasteiger charge is -2.29. The van der Waals surface area contributed by atoms with Crippen molar-refractivity contribution in [2.75, 3.05) is 9.80 Å². The second kappa shape index (κ2) is 10.3. The van der Waals surface area contributed by atoms with Crippen LogP contribution in [-0.4, -0.2) is 0 Å². The molecule has 5 aromatic carbocycles. The van der Waals surface area contributed by atoms with Crippen LogP contribution in [0.3, 0.4) is 0 Å². The molecule has 0 fully saturated rings. The van der Waals surface area contributed by atoms with Gasteiger partial charge in [0.1, 0.15) is 0 Å². The van der Waals surface area contributed by atoms with Crippen molar-refractivity contribution in [1.29, 1.82) is 0 Å². The highest BCUT2D eigenvalue weighted by Gasteiger charge is 2.17. The lowest BCUT2D eigenvalue weighted by Crippen LogP contribution is -2.13. The molecule has 0 aliphatic carbocycles. The maximum Gasteiger partial charge on any atom is 0.0482 e. The molecule has 0 heterocycles. The predicted molar refractivity (Wildman–Crippen MR) is 151 cm³/mol. The Balaban J connectivity index is 1.68. The molecule has 5 rings (SSSR count). The third-order valence-corrected chi connectivity index (χ3v) is 6.22. The standard InChI is InChI=1S/C31H24Cl2N2/c1-23-9-5-14-27(19-23)35(29-16-7-11-25(33)21-29)31-18-8-17-30(22-31)34(26-12-3-2-4-13-26)28-15-6-10-24(32)20-28/h2-22H,1H3. The van der Waals surface area contributed by atoms with Gasteiger partial charge in [-0.1, -0.05) is 71.7 Å². The fraction of sp³-hybridized carbons (Fsp3) is 0.0323. The fourth-order valence-electron chi connectivity index (χ4n) is 4.24. The van der Waals surface area contributed by atoms with Crippen LogP contribution in [0.1, 0.15) is 5.56 Å². The summed E-state index contributed by atoms with van der Waals surface area (Å²) < 4.78 is 0. The molecule has 172 valence electrons. The molecule has 0 saturated carbocycles. The van der Waals surface area contributed by atoms with Crippen LogP contribution in [0.2, 0.25) is 10.0 Å². The number of aryl methyl sites for hydroxylation is 1. The Morgan fingerprint density at radius 3 is 1.31 bits per heavy atom. The van der Waals surface area contributed by atoms with Gasteiger partial charge in [-0.15, -0.1) is 0 Å². The maximum atomic E-state index is 6.40. The molecular formula is C31H24Cl2N2. The summed E-state index contributed by atoms with van der Waals surface area (Å²) >= 11 is 12.8. The summed E-state index contributed by atoms with van der Waals surface area (Å²) in [5.74, 6) is 0. The first-order chi connectivity index (χ1) is 17.1. The summed E-state index contributed by atoms with van der Waals surface area (Å²) in [6.07, 6.45) is 0. The molecule has 5 aromatic rings. The topological polar surface area (TPSA) is 6.48 Å². The van der Waals surface area contributed by atoms with E-state index in [1.165, 1.54) is 5.56 Å². The third kappa shape index (κ3) is 5.19. The number of rotatable bonds is 6. The number of hydrogen-bond donors (Lipinski definition) is 0. The van der Waals surface area contributed by atoms with E-state index in [0.29, 0.717) is 10.0 Å². The van der Waals surface area contributed by atoms with Crippen LogP contribution in [0.4, 0.5) is 34.1 Å². The molecule has 0 spiro atoms. The van der Waals surface area contributed by atoms with Gasteiger partial charge in [-0.05, 0) is 91.3 Å². The third-order valence-electron chi connectivity index (χ3n) is 5.75. The number of benzene rings is 5. The van der Waals surface area contributed by atoms with E-state index >= 15 is 0 Å². The molecule has 2 nitrogen and oxygen atoms in total. The normalized spacial score (nSPS) is 10.7. The summed E-state index contributed by atoms with van der Waals surface area (Å²) in [6.45, 7) is 2.10. The molecule has 0 aliphatic heterocycles. The Kier molecular flexibility index (Phi) is 6.76. The van der Waals surface area contributed by atoms with Gasteiger partial charge in [0.05, 0.1) is 0 Å². The number of anilines is 6. The highest BCUT2D eigenvalue weighted by atomic mass is 35.5. The minimum absolute atomic E-state index is 0.694. The van der Waals surface area contributed by atoms with Crippen molar-refractivity contribution in [2.24, 2.45) is 0 Å². The number of para-hydroxylation sites is 1. The molecule has 4 heteroatoms. The van der Waals surface area contributed by atoms with Crippen molar-refractivity contribution in [3.63, 3.8) is 0 Å². The Bertz CT molecular complexity index is 1400. The molecule has 0 amide bonds.